The molecule has 2 aliphatic heterocycles. The topological polar surface area (TPSA) is 88.1 Å². The SMILES string of the molecule is O=C(O)COCC(=O)N1CC(NC2COC2)C1. The van der Waals surface area contributed by atoms with E-state index < -0.39 is 12.6 Å². The van der Waals surface area contributed by atoms with Crippen molar-refractivity contribution in [3.8, 4) is 0 Å². The Bertz CT molecular complexity index is 299. The van der Waals surface area contributed by atoms with E-state index in [2.05, 4.69) is 5.32 Å². The van der Waals surface area contributed by atoms with Gasteiger partial charge in [-0.3, -0.25) is 4.79 Å². The van der Waals surface area contributed by atoms with Crippen LogP contribution in [0.4, 0.5) is 0 Å². The van der Waals surface area contributed by atoms with E-state index in [9.17, 15) is 9.59 Å². The molecule has 2 rings (SSSR count). The fourth-order valence-corrected chi connectivity index (χ4v) is 1.77. The molecule has 2 heterocycles. The van der Waals surface area contributed by atoms with Gasteiger partial charge in [0.05, 0.1) is 19.3 Å². The number of carbonyl (C=O) groups is 2. The molecule has 96 valence electrons. The van der Waals surface area contributed by atoms with E-state index in [1.807, 2.05) is 0 Å². The number of hydrogen-bond donors (Lipinski definition) is 2. The molecule has 0 spiro atoms. The van der Waals surface area contributed by atoms with E-state index in [1.165, 1.54) is 0 Å². The van der Waals surface area contributed by atoms with Gasteiger partial charge in [0.25, 0.3) is 0 Å². The second kappa shape index (κ2) is 5.44. The Labute approximate surface area is 98.7 Å². The second-order valence-corrected chi connectivity index (χ2v) is 4.28. The molecule has 17 heavy (non-hydrogen) atoms. The van der Waals surface area contributed by atoms with E-state index in [1.54, 1.807) is 4.90 Å². The van der Waals surface area contributed by atoms with Gasteiger partial charge in [-0.05, 0) is 0 Å². The first-order valence-electron chi connectivity index (χ1n) is 5.56. The largest absolute Gasteiger partial charge is 0.480 e. The fraction of sp³-hybridized carbons (Fsp3) is 0.800. The molecular weight excluding hydrogens is 228 g/mol. The quantitative estimate of drug-likeness (QED) is 0.578. The highest BCUT2D eigenvalue weighted by Crippen LogP contribution is 2.11. The molecule has 0 aliphatic carbocycles. The van der Waals surface area contributed by atoms with E-state index in [0.717, 1.165) is 13.2 Å². The summed E-state index contributed by atoms with van der Waals surface area (Å²) < 4.78 is 9.77. The molecule has 1 amide bonds. The fourth-order valence-electron chi connectivity index (χ4n) is 1.77. The molecule has 0 unspecified atom stereocenters. The van der Waals surface area contributed by atoms with Crippen LogP contribution in [-0.2, 0) is 19.1 Å². The molecule has 2 fully saturated rings. The van der Waals surface area contributed by atoms with Gasteiger partial charge in [-0.1, -0.05) is 0 Å². The van der Waals surface area contributed by atoms with Crippen LogP contribution in [0.2, 0.25) is 0 Å². The summed E-state index contributed by atoms with van der Waals surface area (Å²) in [6, 6.07) is 0.743. The van der Waals surface area contributed by atoms with Gasteiger partial charge in [0, 0.05) is 19.1 Å². The van der Waals surface area contributed by atoms with Gasteiger partial charge in [-0.15, -0.1) is 0 Å². The number of likely N-dealkylation sites (tertiary alicyclic amines) is 1. The number of aliphatic carboxylic acids is 1. The van der Waals surface area contributed by atoms with Crippen LogP contribution in [0.1, 0.15) is 0 Å². The lowest BCUT2D eigenvalue weighted by Gasteiger charge is -2.43. The molecule has 0 atom stereocenters. The zero-order valence-corrected chi connectivity index (χ0v) is 9.42. The van der Waals surface area contributed by atoms with Crippen LogP contribution < -0.4 is 5.32 Å². The third-order valence-corrected chi connectivity index (χ3v) is 2.79. The lowest BCUT2D eigenvalue weighted by atomic mass is 10.1. The minimum absolute atomic E-state index is 0.158. The van der Waals surface area contributed by atoms with Crippen LogP contribution >= 0.6 is 0 Å². The molecule has 0 bridgehead atoms. The lowest BCUT2D eigenvalue weighted by molar-refractivity contribution is -0.148. The highest BCUT2D eigenvalue weighted by Gasteiger charge is 2.33. The first kappa shape index (κ1) is 12.3. The monoisotopic (exact) mass is 244 g/mol. The predicted octanol–water partition coefficient (Wildman–Crippen LogP) is -1.71. The summed E-state index contributed by atoms with van der Waals surface area (Å²) in [6.45, 7) is 2.21. The number of hydrogen-bond acceptors (Lipinski definition) is 5. The van der Waals surface area contributed by atoms with Crippen molar-refractivity contribution in [1.82, 2.24) is 10.2 Å². The minimum Gasteiger partial charge on any atom is -0.480 e. The van der Waals surface area contributed by atoms with Gasteiger partial charge in [0.15, 0.2) is 0 Å². The Morgan fingerprint density at radius 2 is 2.00 bits per heavy atom. The summed E-state index contributed by atoms with van der Waals surface area (Å²) in [6.07, 6.45) is 0. The molecule has 0 aromatic heterocycles. The molecular formula is C10H16N2O5. The molecule has 2 saturated heterocycles. The Morgan fingerprint density at radius 3 is 2.53 bits per heavy atom. The molecule has 2 N–H and O–H groups in total. The number of amides is 1. The van der Waals surface area contributed by atoms with Gasteiger partial charge >= 0.3 is 5.97 Å². The van der Waals surface area contributed by atoms with Crippen LogP contribution in [0, 0.1) is 0 Å². The maximum absolute atomic E-state index is 11.5. The van der Waals surface area contributed by atoms with Gasteiger partial charge in [-0.2, -0.15) is 0 Å². The number of carboxylic acids is 1. The average Bonchev–Trinajstić information content (AvgIpc) is 2.11. The molecule has 0 aromatic carbocycles. The Hall–Kier alpha value is -1.18. The average molecular weight is 244 g/mol. The second-order valence-electron chi connectivity index (χ2n) is 4.28. The third kappa shape index (κ3) is 3.39. The van der Waals surface area contributed by atoms with Crippen molar-refractivity contribution in [1.29, 1.82) is 0 Å². The summed E-state index contributed by atoms with van der Waals surface area (Å²) in [4.78, 5) is 23.3. The summed E-state index contributed by atoms with van der Waals surface area (Å²) in [5, 5.41) is 11.7. The summed E-state index contributed by atoms with van der Waals surface area (Å²) in [7, 11) is 0. The van der Waals surface area contributed by atoms with Gasteiger partial charge in [0.1, 0.15) is 13.2 Å². The standard InChI is InChI=1S/C10H16N2O5/c13-9(5-17-6-10(14)15)12-1-7(2-12)11-8-3-16-4-8/h7-8,11H,1-6H2,(H,14,15). The van der Waals surface area contributed by atoms with E-state index in [0.29, 0.717) is 25.2 Å². The Morgan fingerprint density at radius 1 is 1.29 bits per heavy atom. The van der Waals surface area contributed by atoms with E-state index >= 15 is 0 Å². The van der Waals surface area contributed by atoms with Gasteiger partial charge < -0.3 is 24.8 Å². The number of ether oxygens (including phenoxy) is 2. The maximum Gasteiger partial charge on any atom is 0.329 e. The van der Waals surface area contributed by atoms with E-state index in [-0.39, 0.29) is 12.5 Å². The smallest absolute Gasteiger partial charge is 0.329 e. The van der Waals surface area contributed by atoms with Crippen molar-refractivity contribution in [3.63, 3.8) is 0 Å². The highest BCUT2D eigenvalue weighted by molar-refractivity contribution is 5.78. The van der Waals surface area contributed by atoms with Crippen molar-refractivity contribution < 1.29 is 24.2 Å². The molecule has 0 radical (unpaired) electrons. The zero-order chi connectivity index (χ0) is 12.3. The van der Waals surface area contributed by atoms with Crippen molar-refractivity contribution in [2.45, 2.75) is 12.1 Å². The summed E-state index contributed by atoms with van der Waals surface area (Å²) >= 11 is 0. The van der Waals surface area contributed by atoms with Crippen molar-refractivity contribution in [2.24, 2.45) is 0 Å². The highest BCUT2D eigenvalue weighted by atomic mass is 16.5. The normalized spacial score (nSPS) is 20.8. The van der Waals surface area contributed by atoms with Crippen molar-refractivity contribution in [3.05, 3.63) is 0 Å². The number of nitrogens with zero attached hydrogens (tertiary/aromatic N) is 1. The third-order valence-electron chi connectivity index (χ3n) is 2.79. The Balaban J connectivity index is 1.55. The first-order valence-corrected chi connectivity index (χ1v) is 5.56. The summed E-state index contributed by atoms with van der Waals surface area (Å²) in [5.41, 5.74) is 0. The summed E-state index contributed by atoms with van der Waals surface area (Å²) in [5.74, 6) is -1.22. The van der Waals surface area contributed by atoms with Crippen molar-refractivity contribution in [2.75, 3.05) is 39.5 Å². The molecule has 0 saturated carbocycles. The first-order chi connectivity index (χ1) is 8.15. The minimum atomic E-state index is -1.06. The van der Waals surface area contributed by atoms with Crippen LogP contribution in [0.15, 0.2) is 0 Å². The zero-order valence-electron chi connectivity index (χ0n) is 9.42. The number of carboxylic acid groups (broad SMARTS) is 1. The number of carbonyl (C=O) groups excluding carboxylic acids is 1. The number of rotatable bonds is 6. The maximum atomic E-state index is 11.5. The van der Waals surface area contributed by atoms with Gasteiger partial charge in [-0.25, -0.2) is 4.79 Å². The van der Waals surface area contributed by atoms with Crippen LogP contribution in [-0.4, -0.2) is 73.5 Å². The van der Waals surface area contributed by atoms with Crippen molar-refractivity contribution >= 4 is 11.9 Å². The van der Waals surface area contributed by atoms with Gasteiger partial charge in [0.2, 0.25) is 5.91 Å². The van der Waals surface area contributed by atoms with Crippen LogP contribution in [0.5, 0.6) is 0 Å². The van der Waals surface area contributed by atoms with Crippen LogP contribution in [0.3, 0.4) is 0 Å². The molecule has 7 nitrogen and oxygen atoms in total. The lowest BCUT2D eigenvalue weighted by Crippen LogP contribution is -2.65. The molecule has 7 heteroatoms. The Kier molecular flexibility index (Phi) is 3.93. The van der Waals surface area contributed by atoms with Crippen LogP contribution in [0.25, 0.3) is 0 Å². The molecule has 0 aromatic rings. The predicted molar refractivity (Wildman–Crippen MR) is 56.6 cm³/mol. The molecule has 2 aliphatic rings. The van der Waals surface area contributed by atoms with E-state index in [4.69, 9.17) is 14.6 Å². The number of nitrogens with one attached hydrogen (secondary N) is 1.